The van der Waals surface area contributed by atoms with Crippen molar-refractivity contribution in [3.63, 3.8) is 0 Å². The zero-order valence-electron chi connectivity index (χ0n) is 7.00. The van der Waals surface area contributed by atoms with Crippen molar-refractivity contribution in [1.29, 1.82) is 0 Å². The minimum Gasteiger partial charge on any atom is -0.497 e. The summed E-state index contributed by atoms with van der Waals surface area (Å²) in [5, 5.41) is 0. The van der Waals surface area contributed by atoms with Gasteiger partial charge < -0.3 is 4.74 Å². The second-order valence-electron chi connectivity index (χ2n) is 2.27. The minimum atomic E-state index is 0. The van der Waals surface area contributed by atoms with Crippen LogP contribution in [0.1, 0.15) is 11.4 Å². The zero-order chi connectivity index (χ0) is 8.27. The highest BCUT2D eigenvalue weighted by atomic mass is 35.5. The summed E-state index contributed by atoms with van der Waals surface area (Å²) >= 11 is 5.61. The van der Waals surface area contributed by atoms with Crippen LogP contribution in [0, 0.1) is 6.92 Å². The van der Waals surface area contributed by atoms with E-state index in [9.17, 15) is 0 Å². The number of aromatic nitrogens is 1. The summed E-state index contributed by atoms with van der Waals surface area (Å²) in [7, 11) is 1.63. The number of alkyl halides is 1. The molecule has 0 unspecified atom stereocenters. The lowest BCUT2D eigenvalue weighted by Crippen LogP contribution is -1.91. The maximum Gasteiger partial charge on any atom is 0.122 e. The van der Waals surface area contributed by atoms with Crippen molar-refractivity contribution in [2.75, 3.05) is 7.11 Å². The van der Waals surface area contributed by atoms with Crippen LogP contribution < -0.4 is 4.74 Å². The summed E-state index contributed by atoms with van der Waals surface area (Å²) in [6, 6.07) is 3.70. The molecule has 0 aromatic carbocycles. The lowest BCUT2D eigenvalue weighted by atomic mass is 10.3. The summed E-state index contributed by atoms with van der Waals surface area (Å²) < 4.78 is 5.04. The Morgan fingerprint density at radius 1 is 1.50 bits per heavy atom. The van der Waals surface area contributed by atoms with E-state index in [1.807, 2.05) is 19.1 Å². The molecule has 0 aliphatic rings. The molecular weight excluding hydrogens is 197 g/mol. The molecule has 1 aromatic heterocycles. The Morgan fingerprint density at radius 2 is 2.17 bits per heavy atom. The molecule has 0 saturated heterocycles. The maximum absolute atomic E-state index is 5.61. The second kappa shape index (κ2) is 5.22. The molecule has 0 fully saturated rings. The first kappa shape index (κ1) is 11.5. The average Bonchev–Trinajstić information content (AvgIpc) is 2.03. The van der Waals surface area contributed by atoms with Gasteiger partial charge in [0.05, 0.1) is 18.7 Å². The molecule has 0 radical (unpaired) electrons. The molecule has 1 heterocycles. The van der Waals surface area contributed by atoms with Gasteiger partial charge in [-0.1, -0.05) is 0 Å². The topological polar surface area (TPSA) is 22.1 Å². The Kier molecular flexibility index (Phi) is 5.02. The highest BCUT2D eigenvalue weighted by Crippen LogP contribution is 2.14. The summed E-state index contributed by atoms with van der Waals surface area (Å²) in [5.41, 5.74) is 1.78. The van der Waals surface area contributed by atoms with Crippen molar-refractivity contribution in [3.8, 4) is 5.75 Å². The minimum absolute atomic E-state index is 0. The van der Waals surface area contributed by atoms with Crippen LogP contribution in [0.15, 0.2) is 12.1 Å². The van der Waals surface area contributed by atoms with Crippen LogP contribution >= 0.6 is 24.0 Å². The van der Waals surface area contributed by atoms with E-state index in [0.29, 0.717) is 5.88 Å². The molecule has 68 valence electrons. The number of hydrogen-bond donors (Lipinski definition) is 0. The van der Waals surface area contributed by atoms with Gasteiger partial charge in [0.1, 0.15) is 5.75 Å². The fourth-order valence-electron chi connectivity index (χ4n) is 0.889. The summed E-state index contributed by atoms with van der Waals surface area (Å²) in [6.07, 6.45) is 0. The molecule has 2 nitrogen and oxygen atoms in total. The van der Waals surface area contributed by atoms with Gasteiger partial charge in [0.15, 0.2) is 0 Å². The Labute approximate surface area is 83.3 Å². The number of methoxy groups -OCH3 is 1. The molecule has 1 aromatic rings. The van der Waals surface area contributed by atoms with Crippen LogP contribution in [0.2, 0.25) is 0 Å². The molecule has 0 saturated carbocycles. The van der Waals surface area contributed by atoms with E-state index in [2.05, 4.69) is 4.98 Å². The standard InChI is InChI=1S/C8H10ClNO.ClH/c1-6-3-8(11-2)4-7(5-9)10-6;/h3-4H,5H2,1-2H3;1H. The van der Waals surface area contributed by atoms with E-state index >= 15 is 0 Å². The van der Waals surface area contributed by atoms with Crippen LogP contribution in [0.3, 0.4) is 0 Å². The molecule has 0 atom stereocenters. The van der Waals surface area contributed by atoms with E-state index in [1.54, 1.807) is 7.11 Å². The third-order valence-corrected chi connectivity index (χ3v) is 1.63. The van der Waals surface area contributed by atoms with Crippen LogP contribution in [0.25, 0.3) is 0 Å². The molecular formula is C8H11Cl2NO. The molecule has 0 amide bonds. The predicted octanol–water partition coefficient (Wildman–Crippen LogP) is 2.56. The molecule has 0 bridgehead atoms. The van der Waals surface area contributed by atoms with Crippen LogP contribution in [-0.2, 0) is 5.88 Å². The van der Waals surface area contributed by atoms with Gasteiger partial charge >= 0.3 is 0 Å². The van der Waals surface area contributed by atoms with E-state index in [-0.39, 0.29) is 12.4 Å². The SMILES string of the molecule is COc1cc(C)nc(CCl)c1.Cl. The number of nitrogens with zero attached hydrogens (tertiary/aromatic N) is 1. The van der Waals surface area contributed by atoms with Crippen LogP contribution in [0.4, 0.5) is 0 Å². The van der Waals surface area contributed by atoms with E-state index in [1.165, 1.54) is 0 Å². The molecule has 0 spiro atoms. The zero-order valence-corrected chi connectivity index (χ0v) is 8.58. The average molecular weight is 208 g/mol. The van der Waals surface area contributed by atoms with Crippen LogP contribution in [0.5, 0.6) is 5.75 Å². The van der Waals surface area contributed by atoms with E-state index in [0.717, 1.165) is 17.1 Å². The van der Waals surface area contributed by atoms with Crippen molar-refractivity contribution in [2.45, 2.75) is 12.8 Å². The van der Waals surface area contributed by atoms with Crippen molar-refractivity contribution in [3.05, 3.63) is 23.5 Å². The van der Waals surface area contributed by atoms with Gasteiger partial charge in [-0.2, -0.15) is 0 Å². The van der Waals surface area contributed by atoms with E-state index in [4.69, 9.17) is 16.3 Å². The lowest BCUT2D eigenvalue weighted by molar-refractivity contribution is 0.413. The number of hydrogen-bond acceptors (Lipinski definition) is 2. The smallest absolute Gasteiger partial charge is 0.122 e. The van der Waals surface area contributed by atoms with Crippen LogP contribution in [-0.4, -0.2) is 12.1 Å². The van der Waals surface area contributed by atoms with Gasteiger partial charge in [-0.3, -0.25) is 4.98 Å². The first-order chi connectivity index (χ1) is 5.26. The summed E-state index contributed by atoms with van der Waals surface area (Å²) in [6.45, 7) is 1.92. The highest BCUT2D eigenvalue weighted by Gasteiger charge is 1.97. The number of aryl methyl sites for hydroxylation is 1. The van der Waals surface area contributed by atoms with Crippen molar-refractivity contribution >= 4 is 24.0 Å². The highest BCUT2D eigenvalue weighted by molar-refractivity contribution is 6.16. The number of halogens is 2. The normalized spacial score (nSPS) is 8.92. The van der Waals surface area contributed by atoms with Gasteiger partial charge in [-0.25, -0.2) is 0 Å². The fourth-order valence-corrected chi connectivity index (χ4v) is 1.03. The molecule has 0 aliphatic heterocycles. The largest absolute Gasteiger partial charge is 0.497 e. The third kappa shape index (κ3) is 2.88. The van der Waals surface area contributed by atoms with Crippen molar-refractivity contribution in [2.24, 2.45) is 0 Å². The fraction of sp³-hybridized carbons (Fsp3) is 0.375. The second-order valence-corrected chi connectivity index (χ2v) is 2.54. The van der Waals surface area contributed by atoms with Crippen molar-refractivity contribution < 1.29 is 4.74 Å². The Hall–Kier alpha value is -0.470. The Balaban J connectivity index is 0.00000121. The van der Waals surface area contributed by atoms with E-state index < -0.39 is 0 Å². The molecule has 1 rings (SSSR count). The number of ether oxygens (including phenoxy) is 1. The van der Waals surface area contributed by atoms with Gasteiger partial charge in [0.2, 0.25) is 0 Å². The maximum atomic E-state index is 5.61. The predicted molar refractivity (Wildman–Crippen MR) is 52.3 cm³/mol. The molecule has 0 aliphatic carbocycles. The number of rotatable bonds is 2. The molecule has 4 heteroatoms. The summed E-state index contributed by atoms with van der Waals surface area (Å²) in [4.78, 5) is 4.19. The quantitative estimate of drug-likeness (QED) is 0.696. The Morgan fingerprint density at radius 3 is 2.67 bits per heavy atom. The van der Waals surface area contributed by atoms with Gasteiger partial charge in [0, 0.05) is 17.8 Å². The lowest BCUT2D eigenvalue weighted by Gasteiger charge is -2.02. The first-order valence-electron chi connectivity index (χ1n) is 3.34. The first-order valence-corrected chi connectivity index (χ1v) is 3.87. The molecule has 0 N–H and O–H groups in total. The van der Waals surface area contributed by atoms with Gasteiger partial charge in [0.25, 0.3) is 0 Å². The number of pyridine rings is 1. The Bertz CT molecular complexity index is 231. The van der Waals surface area contributed by atoms with Gasteiger partial charge in [-0.15, -0.1) is 24.0 Å². The third-order valence-electron chi connectivity index (χ3n) is 1.35. The monoisotopic (exact) mass is 207 g/mol. The summed E-state index contributed by atoms with van der Waals surface area (Å²) in [5.74, 6) is 1.24. The van der Waals surface area contributed by atoms with Crippen molar-refractivity contribution in [1.82, 2.24) is 4.98 Å². The van der Waals surface area contributed by atoms with Gasteiger partial charge in [-0.05, 0) is 6.92 Å². The molecule has 12 heavy (non-hydrogen) atoms.